The van der Waals surface area contributed by atoms with Crippen LogP contribution in [-0.2, 0) is 4.79 Å². The molecule has 1 aliphatic carbocycles. The third-order valence-corrected chi connectivity index (χ3v) is 3.47. The number of hydrogen-bond acceptors (Lipinski definition) is 3. The third kappa shape index (κ3) is 3.17. The molecular weight excluding hydrogens is 259 g/mol. The Balaban J connectivity index is 2.08. The van der Waals surface area contributed by atoms with E-state index in [1.807, 2.05) is 12.2 Å². The average molecular weight is 278 g/mol. The molecule has 0 aliphatic heterocycles. The number of nitrogens with one attached hydrogen (secondary N) is 1. The number of benzene rings is 1. The van der Waals surface area contributed by atoms with Crippen molar-refractivity contribution in [1.29, 1.82) is 0 Å². The van der Waals surface area contributed by atoms with Gasteiger partial charge in [0.15, 0.2) is 0 Å². The molecule has 0 spiro atoms. The molecule has 0 fully saturated rings. The highest BCUT2D eigenvalue weighted by Crippen LogP contribution is 2.26. The van der Waals surface area contributed by atoms with Crippen LogP contribution in [0.3, 0.4) is 0 Å². The summed E-state index contributed by atoms with van der Waals surface area (Å²) in [5.41, 5.74) is 6.35. The van der Waals surface area contributed by atoms with Crippen LogP contribution in [0.15, 0.2) is 30.4 Å². The second kappa shape index (κ2) is 6.05. The van der Waals surface area contributed by atoms with Gasteiger partial charge in [-0.3, -0.25) is 4.79 Å². The molecule has 1 aromatic carbocycles. The first-order valence-electron chi connectivity index (χ1n) is 6.59. The first-order chi connectivity index (χ1) is 9.51. The number of carbonyl (C=O) groups excluding carboxylic acids is 1. The van der Waals surface area contributed by atoms with E-state index in [1.54, 1.807) is 13.0 Å². The van der Waals surface area contributed by atoms with Crippen molar-refractivity contribution >= 4 is 5.91 Å². The van der Waals surface area contributed by atoms with Crippen LogP contribution in [0.4, 0.5) is 4.39 Å². The molecule has 20 heavy (non-hydrogen) atoms. The molecule has 3 atom stereocenters. The third-order valence-electron chi connectivity index (χ3n) is 3.47. The van der Waals surface area contributed by atoms with Crippen LogP contribution >= 0.6 is 0 Å². The minimum atomic E-state index is -0.357. The first-order valence-corrected chi connectivity index (χ1v) is 6.59. The number of rotatable bonds is 4. The second-order valence-corrected chi connectivity index (χ2v) is 5.01. The van der Waals surface area contributed by atoms with Gasteiger partial charge in [0.25, 0.3) is 0 Å². The number of hydrogen-bond donors (Lipinski definition) is 2. The van der Waals surface area contributed by atoms with Gasteiger partial charge in [-0.2, -0.15) is 0 Å². The predicted octanol–water partition coefficient (Wildman–Crippen LogP) is 1.91. The van der Waals surface area contributed by atoms with Crippen molar-refractivity contribution in [3.05, 3.63) is 41.7 Å². The van der Waals surface area contributed by atoms with E-state index in [2.05, 4.69) is 5.32 Å². The smallest absolute Gasteiger partial charge is 0.227 e. The van der Waals surface area contributed by atoms with Crippen molar-refractivity contribution in [1.82, 2.24) is 5.32 Å². The Morgan fingerprint density at radius 1 is 1.50 bits per heavy atom. The normalized spacial score (nSPS) is 22.6. The molecular formula is C15H19FN2O2. The molecule has 0 bridgehead atoms. The molecule has 1 aliphatic rings. The summed E-state index contributed by atoms with van der Waals surface area (Å²) in [6.07, 6.45) is 4.26. The number of nitrogens with two attached hydrogens (primary N) is 1. The fraction of sp³-hybridized carbons (Fsp3) is 0.400. The lowest BCUT2D eigenvalue weighted by atomic mass is 10.0. The molecule has 4 nitrogen and oxygen atoms in total. The molecule has 2 rings (SSSR count). The molecule has 0 saturated heterocycles. The Bertz CT molecular complexity index is 531. The zero-order chi connectivity index (χ0) is 14.7. The van der Waals surface area contributed by atoms with Crippen LogP contribution in [0, 0.1) is 11.7 Å². The highest BCUT2D eigenvalue weighted by atomic mass is 19.1. The van der Waals surface area contributed by atoms with Crippen LogP contribution in [0.1, 0.15) is 24.9 Å². The number of ether oxygens (including phenoxy) is 1. The van der Waals surface area contributed by atoms with Crippen LogP contribution < -0.4 is 15.8 Å². The monoisotopic (exact) mass is 278 g/mol. The number of halogens is 1. The maximum atomic E-state index is 13.3. The lowest BCUT2D eigenvalue weighted by Gasteiger charge is -2.19. The molecule has 1 amide bonds. The Kier molecular flexibility index (Phi) is 4.39. The molecule has 0 radical (unpaired) electrons. The summed E-state index contributed by atoms with van der Waals surface area (Å²) in [6.45, 7) is 1.80. The van der Waals surface area contributed by atoms with E-state index < -0.39 is 0 Å². The minimum Gasteiger partial charge on any atom is -0.496 e. The lowest BCUT2D eigenvalue weighted by molar-refractivity contribution is -0.124. The quantitative estimate of drug-likeness (QED) is 0.827. The lowest BCUT2D eigenvalue weighted by Crippen LogP contribution is -2.32. The van der Waals surface area contributed by atoms with Gasteiger partial charge in [0, 0.05) is 11.6 Å². The van der Waals surface area contributed by atoms with Crippen LogP contribution in [0.2, 0.25) is 0 Å². The maximum absolute atomic E-state index is 13.3. The van der Waals surface area contributed by atoms with Gasteiger partial charge in [-0.1, -0.05) is 12.2 Å². The van der Waals surface area contributed by atoms with E-state index in [0.29, 0.717) is 17.7 Å². The average Bonchev–Trinajstić information content (AvgIpc) is 2.85. The fourth-order valence-electron chi connectivity index (χ4n) is 2.36. The maximum Gasteiger partial charge on any atom is 0.227 e. The van der Waals surface area contributed by atoms with E-state index in [0.717, 1.165) is 0 Å². The summed E-state index contributed by atoms with van der Waals surface area (Å²) in [4.78, 5) is 12.1. The number of amides is 1. The molecule has 3 N–H and O–H groups in total. The van der Waals surface area contributed by atoms with E-state index in [9.17, 15) is 9.18 Å². The second-order valence-electron chi connectivity index (χ2n) is 5.01. The molecule has 0 aromatic heterocycles. The van der Waals surface area contributed by atoms with Crippen molar-refractivity contribution in [2.24, 2.45) is 11.7 Å². The Labute approximate surface area is 117 Å². The van der Waals surface area contributed by atoms with Crippen molar-refractivity contribution in [3.63, 3.8) is 0 Å². The molecule has 0 heterocycles. The SMILES string of the molecule is COc1ccc(F)cc1C(C)NC(=O)C1C=CC(N)C1. The number of methoxy groups -OCH3 is 1. The number of carbonyl (C=O) groups is 1. The molecule has 108 valence electrons. The van der Waals surface area contributed by atoms with Crippen LogP contribution in [0.25, 0.3) is 0 Å². The summed E-state index contributed by atoms with van der Waals surface area (Å²) in [5, 5.41) is 2.87. The summed E-state index contributed by atoms with van der Waals surface area (Å²) in [5.74, 6) is -0.123. The van der Waals surface area contributed by atoms with Crippen LogP contribution in [0.5, 0.6) is 5.75 Å². The van der Waals surface area contributed by atoms with Gasteiger partial charge in [0.1, 0.15) is 11.6 Å². The fourth-order valence-corrected chi connectivity index (χ4v) is 2.36. The Morgan fingerprint density at radius 2 is 2.25 bits per heavy atom. The van der Waals surface area contributed by atoms with Crippen LogP contribution in [-0.4, -0.2) is 19.1 Å². The van der Waals surface area contributed by atoms with Crippen molar-refractivity contribution in [3.8, 4) is 5.75 Å². The summed E-state index contributed by atoms with van der Waals surface area (Å²) in [6, 6.07) is 3.86. The highest BCUT2D eigenvalue weighted by Gasteiger charge is 2.24. The molecule has 3 unspecified atom stereocenters. The zero-order valence-corrected chi connectivity index (χ0v) is 11.6. The van der Waals surface area contributed by atoms with Gasteiger partial charge in [0.05, 0.1) is 19.1 Å². The van der Waals surface area contributed by atoms with Gasteiger partial charge in [0.2, 0.25) is 5.91 Å². The van der Waals surface area contributed by atoms with E-state index in [1.165, 1.54) is 19.2 Å². The largest absolute Gasteiger partial charge is 0.496 e. The summed E-state index contributed by atoms with van der Waals surface area (Å²) >= 11 is 0. The topological polar surface area (TPSA) is 64.3 Å². The standard InChI is InChI=1S/C15H19FN2O2/c1-9(13-8-11(16)4-6-14(13)20-2)18-15(19)10-3-5-12(17)7-10/h3-6,8-10,12H,7,17H2,1-2H3,(H,18,19). The molecule has 0 saturated carbocycles. The summed E-state index contributed by atoms with van der Waals surface area (Å²) < 4.78 is 18.5. The van der Waals surface area contributed by atoms with Gasteiger partial charge < -0.3 is 15.8 Å². The first kappa shape index (κ1) is 14.5. The van der Waals surface area contributed by atoms with E-state index in [4.69, 9.17) is 10.5 Å². The van der Waals surface area contributed by atoms with Gasteiger partial charge in [-0.15, -0.1) is 0 Å². The van der Waals surface area contributed by atoms with Gasteiger partial charge >= 0.3 is 0 Å². The summed E-state index contributed by atoms with van der Waals surface area (Å²) in [7, 11) is 1.52. The van der Waals surface area contributed by atoms with Crippen molar-refractivity contribution < 1.29 is 13.9 Å². The Morgan fingerprint density at radius 3 is 2.85 bits per heavy atom. The van der Waals surface area contributed by atoms with E-state index in [-0.39, 0.29) is 29.7 Å². The highest BCUT2D eigenvalue weighted by molar-refractivity contribution is 5.81. The molecule has 1 aromatic rings. The Hall–Kier alpha value is -1.88. The molecule has 5 heteroatoms. The van der Waals surface area contributed by atoms with E-state index >= 15 is 0 Å². The van der Waals surface area contributed by atoms with Crippen molar-refractivity contribution in [2.75, 3.05) is 7.11 Å². The van der Waals surface area contributed by atoms with Gasteiger partial charge in [-0.25, -0.2) is 4.39 Å². The van der Waals surface area contributed by atoms with Crippen molar-refractivity contribution in [2.45, 2.75) is 25.4 Å². The predicted molar refractivity (Wildman–Crippen MR) is 74.7 cm³/mol. The van der Waals surface area contributed by atoms with Gasteiger partial charge in [-0.05, 0) is 31.5 Å². The zero-order valence-electron chi connectivity index (χ0n) is 11.6. The minimum absolute atomic E-state index is 0.0650.